The molecular formula is C15H30S. The number of hydrogen-bond donors (Lipinski definition) is 1. The summed E-state index contributed by atoms with van der Waals surface area (Å²) in [7, 11) is 0. The van der Waals surface area contributed by atoms with Crippen LogP contribution in [0.5, 0.6) is 0 Å². The lowest BCUT2D eigenvalue weighted by atomic mass is 10.1. The van der Waals surface area contributed by atoms with Crippen LogP contribution < -0.4 is 0 Å². The molecule has 0 nitrogen and oxygen atoms in total. The van der Waals surface area contributed by atoms with Crippen molar-refractivity contribution in [1.82, 2.24) is 0 Å². The Morgan fingerprint density at radius 1 is 0.812 bits per heavy atom. The zero-order chi connectivity index (χ0) is 12.1. The molecule has 0 spiro atoms. The van der Waals surface area contributed by atoms with Crippen molar-refractivity contribution in [3.63, 3.8) is 0 Å². The van der Waals surface area contributed by atoms with Crippen LogP contribution in [0.2, 0.25) is 0 Å². The molecule has 0 aliphatic rings. The van der Waals surface area contributed by atoms with Gasteiger partial charge in [0, 0.05) is 0 Å². The SMILES string of the molecule is CC=C(S)CCCCCCCCCCCC. The van der Waals surface area contributed by atoms with E-state index < -0.39 is 0 Å². The van der Waals surface area contributed by atoms with Crippen molar-refractivity contribution in [3.05, 3.63) is 11.0 Å². The van der Waals surface area contributed by atoms with E-state index in [4.69, 9.17) is 0 Å². The van der Waals surface area contributed by atoms with Gasteiger partial charge >= 0.3 is 0 Å². The summed E-state index contributed by atoms with van der Waals surface area (Å²) in [5, 5.41) is 0. The summed E-state index contributed by atoms with van der Waals surface area (Å²) in [6, 6.07) is 0. The molecule has 0 aliphatic carbocycles. The van der Waals surface area contributed by atoms with E-state index in [1.807, 2.05) is 0 Å². The molecule has 0 saturated heterocycles. The molecule has 0 aromatic rings. The molecule has 0 atom stereocenters. The van der Waals surface area contributed by atoms with Gasteiger partial charge < -0.3 is 0 Å². The minimum absolute atomic E-state index is 1.18. The molecule has 0 saturated carbocycles. The topological polar surface area (TPSA) is 0 Å². The van der Waals surface area contributed by atoms with Crippen LogP contribution in [0.3, 0.4) is 0 Å². The monoisotopic (exact) mass is 242 g/mol. The number of unbranched alkanes of at least 4 members (excludes halogenated alkanes) is 9. The van der Waals surface area contributed by atoms with Gasteiger partial charge in [-0.3, -0.25) is 0 Å². The largest absolute Gasteiger partial charge is 0.148 e. The Kier molecular flexibility index (Phi) is 13.2. The summed E-state index contributed by atoms with van der Waals surface area (Å²) < 4.78 is 0. The third kappa shape index (κ3) is 12.2. The van der Waals surface area contributed by atoms with E-state index in [2.05, 4.69) is 32.6 Å². The van der Waals surface area contributed by atoms with Crippen LogP contribution in [0.4, 0.5) is 0 Å². The average molecular weight is 242 g/mol. The first kappa shape index (κ1) is 16.1. The molecule has 16 heavy (non-hydrogen) atoms. The normalized spacial score (nSPS) is 12.1. The smallest absolute Gasteiger partial charge is 0.0224 e. The first-order chi connectivity index (χ1) is 7.81. The van der Waals surface area contributed by atoms with E-state index in [1.165, 1.54) is 75.5 Å². The molecule has 0 rings (SSSR count). The van der Waals surface area contributed by atoms with Gasteiger partial charge in [-0.2, -0.15) is 0 Å². The second-order valence-electron chi connectivity index (χ2n) is 4.71. The second-order valence-corrected chi connectivity index (χ2v) is 5.29. The van der Waals surface area contributed by atoms with Crippen molar-refractivity contribution in [1.29, 1.82) is 0 Å². The number of allylic oxidation sites excluding steroid dienone is 2. The van der Waals surface area contributed by atoms with Gasteiger partial charge in [-0.25, -0.2) is 0 Å². The Morgan fingerprint density at radius 3 is 1.69 bits per heavy atom. The summed E-state index contributed by atoms with van der Waals surface area (Å²) >= 11 is 4.38. The number of thiol groups is 1. The summed E-state index contributed by atoms with van der Waals surface area (Å²) in [6.07, 6.45) is 17.4. The highest BCUT2D eigenvalue weighted by Gasteiger charge is 1.93. The maximum atomic E-state index is 4.38. The maximum Gasteiger partial charge on any atom is -0.0224 e. The highest BCUT2D eigenvalue weighted by atomic mass is 32.1. The van der Waals surface area contributed by atoms with Crippen LogP contribution in [0.1, 0.15) is 84.5 Å². The molecule has 0 radical (unpaired) electrons. The van der Waals surface area contributed by atoms with Crippen molar-refractivity contribution in [2.45, 2.75) is 84.5 Å². The van der Waals surface area contributed by atoms with Gasteiger partial charge in [-0.05, 0) is 24.7 Å². The highest BCUT2D eigenvalue weighted by molar-refractivity contribution is 7.84. The van der Waals surface area contributed by atoms with Crippen molar-refractivity contribution < 1.29 is 0 Å². The molecule has 0 aromatic carbocycles. The predicted octanol–water partition coefficient (Wildman–Crippen LogP) is 6.13. The van der Waals surface area contributed by atoms with Crippen LogP contribution in [0.25, 0.3) is 0 Å². The summed E-state index contributed by atoms with van der Waals surface area (Å²) in [6.45, 7) is 4.35. The number of hydrogen-bond acceptors (Lipinski definition) is 1. The van der Waals surface area contributed by atoms with Gasteiger partial charge in [-0.1, -0.05) is 70.8 Å². The van der Waals surface area contributed by atoms with Crippen LogP contribution in [-0.4, -0.2) is 0 Å². The van der Waals surface area contributed by atoms with Gasteiger partial charge in [0.15, 0.2) is 0 Å². The summed E-state index contributed by atoms with van der Waals surface area (Å²) in [5.74, 6) is 0. The molecule has 0 bridgehead atoms. The molecule has 0 N–H and O–H groups in total. The highest BCUT2D eigenvalue weighted by Crippen LogP contribution is 2.14. The quantitative estimate of drug-likeness (QED) is 0.327. The van der Waals surface area contributed by atoms with E-state index in [1.54, 1.807) is 0 Å². The maximum absolute atomic E-state index is 4.38. The fourth-order valence-corrected chi connectivity index (χ4v) is 2.10. The van der Waals surface area contributed by atoms with E-state index >= 15 is 0 Å². The zero-order valence-electron chi connectivity index (χ0n) is 11.3. The molecule has 0 heterocycles. The third-order valence-electron chi connectivity index (χ3n) is 3.12. The van der Waals surface area contributed by atoms with Crippen molar-refractivity contribution in [3.8, 4) is 0 Å². The minimum atomic E-state index is 1.18. The van der Waals surface area contributed by atoms with E-state index in [9.17, 15) is 0 Å². The average Bonchev–Trinajstić information content (AvgIpc) is 2.31. The zero-order valence-corrected chi connectivity index (χ0v) is 12.2. The first-order valence-electron chi connectivity index (χ1n) is 7.15. The van der Waals surface area contributed by atoms with E-state index in [0.29, 0.717) is 0 Å². The molecule has 1 heteroatoms. The molecular weight excluding hydrogens is 212 g/mol. The fourth-order valence-electron chi connectivity index (χ4n) is 1.94. The van der Waals surface area contributed by atoms with Gasteiger partial charge in [-0.15, -0.1) is 12.6 Å². The summed E-state index contributed by atoms with van der Waals surface area (Å²) in [5.41, 5.74) is 0. The van der Waals surface area contributed by atoms with Gasteiger partial charge in [0.25, 0.3) is 0 Å². The van der Waals surface area contributed by atoms with Gasteiger partial charge in [0.2, 0.25) is 0 Å². The second kappa shape index (κ2) is 13.2. The van der Waals surface area contributed by atoms with E-state index in [0.717, 1.165) is 0 Å². The van der Waals surface area contributed by atoms with E-state index in [-0.39, 0.29) is 0 Å². The predicted molar refractivity (Wildman–Crippen MR) is 79.2 cm³/mol. The molecule has 96 valence electrons. The lowest BCUT2D eigenvalue weighted by Gasteiger charge is -2.02. The van der Waals surface area contributed by atoms with Crippen LogP contribution >= 0.6 is 12.6 Å². The molecule has 0 aromatic heterocycles. The standard InChI is InChI=1S/C15H30S/c1-3-5-6-7-8-9-10-11-12-13-14-15(16)4-2/h4,16H,3,5-14H2,1-2H3. The van der Waals surface area contributed by atoms with Crippen LogP contribution in [0.15, 0.2) is 11.0 Å². The minimum Gasteiger partial charge on any atom is -0.148 e. The third-order valence-corrected chi connectivity index (χ3v) is 3.60. The van der Waals surface area contributed by atoms with Crippen LogP contribution in [0, 0.1) is 0 Å². The van der Waals surface area contributed by atoms with Crippen LogP contribution in [-0.2, 0) is 0 Å². The summed E-state index contributed by atoms with van der Waals surface area (Å²) in [4.78, 5) is 1.25. The van der Waals surface area contributed by atoms with Gasteiger partial charge in [0.05, 0.1) is 0 Å². The Bertz CT molecular complexity index is 161. The lowest BCUT2D eigenvalue weighted by Crippen LogP contribution is -1.82. The first-order valence-corrected chi connectivity index (χ1v) is 7.60. The number of rotatable bonds is 11. The van der Waals surface area contributed by atoms with Crippen molar-refractivity contribution >= 4 is 12.6 Å². The Hall–Kier alpha value is 0.0900. The Morgan fingerprint density at radius 2 is 1.25 bits per heavy atom. The van der Waals surface area contributed by atoms with Crippen molar-refractivity contribution in [2.75, 3.05) is 0 Å². The Balaban J connectivity index is 2.99. The molecule has 0 fully saturated rings. The molecule has 0 aliphatic heterocycles. The molecule has 0 unspecified atom stereocenters. The lowest BCUT2D eigenvalue weighted by molar-refractivity contribution is 0.557. The fraction of sp³-hybridized carbons (Fsp3) is 0.867. The Labute approximate surface area is 108 Å². The van der Waals surface area contributed by atoms with Crippen molar-refractivity contribution in [2.24, 2.45) is 0 Å². The molecule has 0 amide bonds. The van der Waals surface area contributed by atoms with Gasteiger partial charge in [0.1, 0.15) is 0 Å².